The molecule has 308 valence electrons. The predicted octanol–water partition coefficient (Wildman–Crippen LogP) is 10.2. The molecule has 7 rings (SSSR count). The van der Waals surface area contributed by atoms with Crippen molar-refractivity contribution in [3.63, 3.8) is 0 Å². The van der Waals surface area contributed by atoms with Crippen molar-refractivity contribution in [3.05, 3.63) is 83.1 Å². The Labute approximate surface area is 337 Å². The molecule has 56 heavy (non-hydrogen) atoms. The quantitative estimate of drug-likeness (QED) is 0.0707. The molecule has 2 aliphatic heterocycles. The highest BCUT2D eigenvalue weighted by Crippen LogP contribution is 2.78. The minimum absolute atomic E-state index is 0.0567. The second-order valence-corrected chi connectivity index (χ2v) is 25.1. The zero-order valence-electron chi connectivity index (χ0n) is 35.6. The summed E-state index contributed by atoms with van der Waals surface area (Å²) in [5, 5.41) is 1.17. The molecule has 0 bridgehead atoms. The van der Waals surface area contributed by atoms with Gasteiger partial charge in [0.1, 0.15) is 17.3 Å². The summed E-state index contributed by atoms with van der Waals surface area (Å²) >= 11 is 0. The number of H-pyrrole nitrogens is 1. The van der Waals surface area contributed by atoms with Crippen molar-refractivity contribution in [2.45, 2.75) is 166 Å². The summed E-state index contributed by atoms with van der Waals surface area (Å²) in [4.78, 5) is 3.86. The van der Waals surface area contributed by atoms with E-state index in [0.717, 1.165) is 79.7 Å². The normalized spacial score (nSPS) is 33.0. The van der Waals surface area contributed by atoms with Crippen LogP contribution in [-0.4, -0.2) is 69.7 Å². The van der Waals surface area contributed by atoms with Gasteiger partial charge in [0, 0.05) is 28.5 Å². The molecular weight excluding hydrogens is 739 g/mol. The van der Waals surface area contributed by atoms with Crippen LogP contribution in [0.25, 0.3) is 10.9 Å². The molecule has 10 heteroatoms. The lowest BCUT2D eigenvalue weighted by atomic mass is 9.42. The van der Waals surface area contributed by atoms with E-state index in [4.69, 9.17) is 22.8 Å². The molecule has 2 aromatic carbocycles. The number of allylic oxidation sites excluding steroid dienone is 2. The molecule has 1 aromatic heterocycles. The van der Waals surface area contributed by atoms with Crippen LogP contribution in [0.3, 0.4) is 0 Å². The number of ether oxygens (including phenoxy) is 3. The molecule has 8 nitrogen and oxygen atoms in total. The van der Waals surface area contributed by atoms with E-state index in [1.54, 1.807) is 0 Å². The first-order chi connectivity index (χ1) is 26.4. The molecule has 2 aliphatic carbocycles. The number of hydrogen-bond donors (Lipinski definition) is 1. The van der Waals surface area contributed by atoms with Gasteiger partial charge in [-0.25, -0.2) is 0 Å². The highest BCUT2D eigenvalue weighted by Gasteiger charge is 2.87. The van der Waals surface area contributed by atoms with Crippen LogP contribution in [-0.2, 0) is 51.4 Å². The van der Waals surface area contributed by atoms with Crippen molar-refractivity contribution in [1.82, 2.24) is 4.98 Å². The molecule has 2 saturated carbocycles. The average molecular weight is 806 g/mol. The Kier molecular flexibility index (Phi) is 11.2. The third kappa shape index (κ3) is 7.00. The second kappa shape index (κ2) is 15.1. The van der Waals surface area contributed by atoms with Gasteiger partial charge in [0.2, 0.25) is 0 Å². The maximum atomic E-state index is 12.5. The molecule has 4 fully saturated rings. The highest BCUT2D eigenvalue weighted by atomic mass is 32.2. The first-order valence-corrected chi connectivity index (χ1v) is 25.6. The van der Waals surface area contributed by atoms with Crippen molar-refractivity contribution in [2.75, 3.05) is 12.9 Å². The van der Waals surface area contributed by atoms with Crippen LogP contribution in [0.2, 0.25) is 18.1 Å². The predicted molar refractivity (Wildman–Crippen MR) is 227 cm³/mol. The molecule has 3 aromatic rings. The van der Waals surface area contributed by atoms with Gasteiger partial charge in [0.05, 0.1) is 37.3 Å². The van der Waals surface area contributed by atoms with E-state index in [1.165, 1.54) is 16.5 Å². The van der Waals surface area contributed by atoms with Gasteiger partial charge in [0.25, 0.3) is 10.1 Å². The van der Waals surface area contributed by atoms with E-state index >= 15 is 0 Å². The zero-order valence-corrected chi connectivity index (χ0v) is 37.4. The molecule has 3 heterocycles. The van der Waals surface area contributed by atoms with E-state index in [-0.39, 0.29) is 36.3 Å². The molecule has 2 saturated heterocycles. The van der Waals surface area contributed by atoms with Crippen LogP contribution in [0.5, 0.6) is 0 Å². The number of epoxide rings is 1. The third-order valence-electron chi connectivity index (χ3n) is 15.2. The molecule has 0 radical (unpaired) electrons. The topological polar surface area (TPSA) is 99.4 Å². The Morgan fingerprint density at radius 2 is 1.70 bits per heavy atom. The highest BCUT2D eigenvalue weighted by molar-refractivity contribution is 7.85. The lowest BCUT2D eigenvalue weighted by Gasteiger charge is -2.62. The van der Waals surface area contributed by atoms with E-state index < -0.39 is 40.7 Å². The third-order valence-corrected chi connectivity index (χ3v) is 20.5. The summed E-state index contributed by atoms with van der Waals surface area (Å²) in [6, 6.07) is 22.5. The average Bonchev–Trinajstić information content (AvgIpc) is 3.62. The number of benzene rings is 2. The van der Waals surface area contributed by atoms with E-state index in [9.17, 15) is 8.42 Å². The van der Waals surface area contributed by atoms with Crippen molar-refractivity contribution in [1.29, 1.82) is 0 Å². The van der Waals surface area contributed by atoms with Crippen LogP contribution in [0, 0.1) is 11.3 Å². The Morgan fingerprint density at radius 3 is 2.36 bits per heavy atom. The number of aromatic nitrogens is 1. The summed E-state index contributed by atoms with van der Waals surface area (Å²) < 4.78 is 59.8. The van der Waals surface area contributed by atoms with Crippen molar-refractivity contribution in [2.24, 2.45) is 11.3 Å². The van der Waals surface area contributed by atoms with Crippen LogP contribution in [0.1, 0.15) is 111 Å². The van der Waals surface area contributed by atoms with Crippen molar-refractivity contribution in [3.8, 4) is 0 Å². The van der Waals surface area contributed by atoms with Crippen LogP contribution >= 0.6 is 0 Å². The Bertz CT molecular complexity index is 2010. The van der Waals surface area contributed by atoms with Gasteiger partial charge in [-0.3, -0.25) is 4.18 Å². The maximum Gasteiger partial charge on any atom is 0.264 e. The molecule has 2 spiro atoms. The van der Waals surface area contributed by atoms with Gasteiger partial charge in [-0.05, 0) is 119 Å². The fraction of sp³-hybridized carbons (Fsp3) is 0.652. The van der Waals surface area contributed by atoms with Crippen LogP contribution in [0.4, 0.5) is 0 Å². The van der Waals surface area contributed by atoms with Gasteiger partial charge in [-0.1, -0.05) is 82.7 Å². The van der Waals surface area contributed by atoms with Gasteiger partial charge in [0.15, 0.2) is 8.32 Å². The molecule has 0 unspecified atom stereocenters. The summed E-state index contributed by atoms with van der Waals surface area (Å²) in [6.07, 6.45) is 7.80. The summed E-state index contributed by atoms with van der Waals surface area (Å²) in [6.45, 7) is 20.9. The monoisotopic (exact) mass is 805 g/mol. The smallest absolute Gasteiger partial charge is 0.264 e. The Morgan fingerprint density at radius 1 is 0.982 bits per heavy atom. The standard InChI is InChI=1S/C46H67NO7SSi/c1-11-56(12-2,13-3)53-38-29-45-40(52-41(38)42(6,7)50-30-34-17-15-14-16-18-34)24-25-43(8)44(9,36(31-51-55(10,48)49)23-26-46(43,45)54-45)39-28-35-27-33(20-19-32(4)5)21-22-37(35)47-39/h14-19,21-22,27-28,36,38,40-41,47H,11-13,20,23-26,29-31H2,1-10H3/t36-,38+,40-,41-,43+,44+,45+,46-/m0/s1. The minimum Gasteiger partial charge on any atom is -0.411 e. The van der Waals surface area contributed by atoms with Crippen LogP contribution < -0.4 is 0 Å². The first-order valence-electron chi connectivity index (χ1n) is 21.2. The minimum atomic E-state index is -3.64. The van der Waals surface area contributed by atoms with Crippen LogP contribution in [0.15, 0.2) is 66.2 Å². The van der Waals surface area contributed by atoms with E-state index in [0.29, 0.717) is 6.61 Å². The molecule has 4 aliphatic rings. The second-order valence-electron chi connectivity index (χ2n) is 18.7. The number of aromatic amines is 1. The SMILES string of the molecule is CC[Si](CC)(CC)O[C@@H]1C[C@]23O[C@]24CC[C@@H](COS(C)(=O)=O)[C@](C)(c2cc5cc(CC=C(C)C)ccc5[nH]2)[C@@]4(C)CC[C@@H]3O[C@@H]1C(C)(C)OCc1ccccc1. The number of hydrogen-bond acceptors (Lipinski definition) is 7. The molecule has 1 N–H and O–H groups in total. The Balaban J connectivity index is 1.27. The fourth-order valence-corrected chi connectivity index (χ4v) is 14.7. The Hall–Kier alpha value is -2.31. The van der Waals surface area contributed by atoms with Crippen molar-refractivity contribution < 1.29 is 31.2 Å². The lowest BCUT2D eigenvalue weighted by Crippen LogP contribution is -2.69. The first kappa shape index (κ1) is 41.8. The molecular formula is C46H67NO7SSi. The van der Waals surface area contributed by atoms with Gasteiger partial charge >= 0.3 is 0 Å². The van der Waals surface area contributed by atoms with E-state index in [1.807, 2.05) is 6.07 Å². The number of fused-ring (bicyclic) bond motifs is 1. The van der Waals surface area contributed by atoms with E-state index in [2.05, 4.69) is 122 Å². The maximum absolute atomic E-state index is 12.5. The van der Waals surface area contributed by atoms with Gasteiger partial charge in [-0.15, -0.1) is 0 Å². The summed E-state index contributed by atoms with van der Waals surface area (Å²) in [7, 11) is -5.72. The summed E-state index contributed by atoms with van der Waals surface area (Å²) in [5.41, 5.74) is 3.46. The largest absolute Gasteiger partial charge is 0.411 e. The van der Waals surface area contributed by atoms with Crippen molar-refractivity contribution >= 4 is 29.3 Å². The molecule has 8 atom stereocenters. The zero-order chi connectivity index (χ0) is 40.4. The number of nitrogens with one attached hydrogen (secondary N) is 1. The number of rotatable bonds is 15. The van der Waals surface area contributed by atoms with Gasteiger partial charge < -0.3 is 23.6 Å². The molecule has 0 amide bonds. The van der Waals surface area contributed by atoms with Gasteiger partial charge in [-0.2, -0.15) is 8.42 Å². The fourth-order valence-electron chi connectivity index (χ4n) is 11.4. The lowest BCUT2D eigenvalue weighted by molar-refractivity contribution is -0.233. The summed E-state index contributed by atoms with van der Waals surface area (Å²) in [5.74, 6) is -0.0567.